The molecule has 1 saturated carbocycles. The van der Waals surface area contributed by atoms with Crippen molar-refractivity contribution < 1.29 is 9.59 Å². The quantitative estimate of drug-likeness (QED) is 0.676. The summed E-state index contributed by atoms with van der Waals surface area (Å²) >= 11 is 0. The van der Waals surface area contributed by atoms with Crippen LogP contribution in [-0.2, 0) is 22.6 Å². The molecule has 27 heavy (non-hydrogen) atoms. The van der Waals surface area contributed by atoms with E-state index in [4.69, 9.17) is 0 Å². The van der Waals surface area contributed by atoms with Crippen LogP contribution in [0.5, 0.6) is 0 Å². The van der Waals surface area contributed by atoms with E-state index in [2.05, 4.69) is 25.1 Å². The molecule has 4 heteroatoms. The number of amides is 2. The molecule has 3 rings (SSSR count). The number of carbonyl (C=O) groups is 2. The normalized spacial score (nSPS) is 17.4. The molecule has 1 aromatic rings. The van der Waals surface area contributed by atoms with E-state index in [1.165, 1.54) is 17.5 Å². The number of hydrogen-bond acceptors (Lipinski definition) is 2. The highest BCUT2D eigenvalue weighted by Gasteiger charge is 2.29. The fourth-order valence-corrected chi connectivity index (χ4v) is 4.40. The van der Waals surface area contributed by atoms with Crippen LogP contribution < -0.4 is 0 Å². The average molecular weight is 371 g/mol. The number of unbranched alkanes of at least 4 members (excludes halogenated alkanes) is 2. The molecule has 4 nitrogen and oxygen atoms in total. The molecule has 1 heterocycles. The number of carbonyl (C=O) groups excluding carboxylic acids is 2. The molecular weight excluding hydrogens is 336 g/mol. The predicted octanol–water partition coefficient (Wildman–Crippen LogP) is 4.17. The van der Waals surface area contributed by atoms with Crippen LogP contribution in [0, 0.1) is 5.92 Å². The number of benzene rings is 1. The highest BCUT2D eigenvalue weighted by atomic mass is 16.2. The third kappa shape index (κ3) is 5.33. The van der Waals surface area contributed by atoms with Crippen molar-refractivity contribution in [2.75, 3.05) is 19.6 Å². The van der Waals surface area contributed by atoms with Crippen molar-refractivity contribution in [3.63, 3.8) is 0 Å². The molecule has 2 aliphatic rings. The Labute approximate surface area is 163 Å². The van der Waals surface area contributed by atoms with Gasteiger partial charge in [0.1, 0.15) is 0 Å². The SMILES string of the molecule is CCCCCN(CC(=O)N1CCc2ccccc2C1)C(=O)C1CCCCC1. The fourth-order valence-electron chi connectivity index (χ4n) is 4.40. The molecule has 0 atom stereocenters. The summed E-state index contributed by atoms with van der Waals surface area (Å²) in [6.07, 6.45) is 9.67. The van der Waals surface area contributed by atoms with E-state index in [-0.39, 0.29) is 24.3 Å². The minimum absolute atomic E-state index is 0.102. The van der Waals surface area contributed by atoms with Gasteiger partial charge in [-0.05, 0) is 36.8 Å². The number of fused-ring (bicyclic) bond motifs is 1. The smallest absolute Gasteiger partial charge is 0.242 e. The Bertz CT molecular complexity index is 637. The Morgan fingerprint density at radius 3 is 2.56 bits per heavy atom. The molecule has 1 aromatic carbocycles. The van der Waals surface area contributed by atoms with Gasteiger partial charge in [0.15, 0.2) is 0 Å². The first kappa shape index (κ1) is 19.9. The Balaban J connectivity index is 1.62. The van der Waals surface area contributed by atoms with Crippen molar-refractivity contribution in [2.24, 2.45) is 5.92 Å². The van der Waals surface area contributed by atoms with Crippen LogP contribution in [0.3, 0.4) is 0 Å². The van der Waals surface area contributed by atoms with Gasteiger partial charge in [-0.25, -0.2) is 0 Å². The Morgan fingerprint density at radius 1 is 1.07 bits per heavy atom. The van der Waals surface area contributed by atoms with E-state index in [1.807, 2.05) is 15.9 Å². The van der Waals surface area contributed by atoms with E-state index in [9.17, 15) is 9.59 Å². The molecule has 0 aromatic heterocycles. The lowest BCUT2D eigenvalue weighted by atomic mass is 9.88. The second-order valence-electron chi connectivity index (χ2n) is 8.14. The maximum atomic E-state index is 13.1. The Morgan fingerprint density at radius 2 is 1.81 bits per heavy atom. The van der Waals surface area contributed by atoms with Crippen molar-refractivity contribution in [1.82, 2.24) is 9.80 Å². The van der Waals surface area contributed by atoms with E-state index in [1.54, 1.807) is 0 Å². The molecule has 0 spiro atoms. The molecule has 148 valence electrons. The van der Waals surface area contributed by atoms with Crippen LogP contribution >= 0.6 is 0 Å². The monoisotopic (exact) mass is 370 g/mol. The van der Waals surface area contributed by atoms with Crippen LogP contribution in [-0.4, -0.2) is 41.2 Å². The molecular formula is C23H34N2O2. The third-order valence-electron chi connectivity index (χ3n) is 6.11. The molecule has 1 fully saturated rings. The molecule has 0 saturated heterocycles. The van der Waals surface area contributed by atoms with Crippen LogP contribution in [0.4, 0.5) is 0 Å². The second kappa shape index (κ2) is 9.91. The maximum absolute atomic E-state index is 13.1. The summed E-state index contributed by atoms with van der Waals surface area (Å²) in [6.45, 7) is 4.58. The summed E-state index contributed by atoms with van der Waals surface area (Å²) in [5.74, 6) is 0.456. The number of hydrogen-bond donors (Lipinski definition) is 0. The number of rotatable bonds is 7. The molecule has 1 aliphatic heterocycles. The van der Waals surface area contributed by atoms with Gasteiger partial charge in [-0.15, -0.1) is 0 Å². The average Bonchev–Trinajstić information content (AvgIpc) is 2.72. The van der Waals surface area contributed by atoms with Gasteiger partial charge in [0.05, 0.1) is 6.54 Å². The zero-order chi connectivity index (χ0) is 19.1. The van der Waals surface area contributed by atoms with E-state index >= 15 is 0 Å². The summed E-state index contributed by atoms with van der Waals surface area (Å²) in [4.78, 5) is 29.8. The molecule has 2 amide bonds. The third-order valence-corrected chi connectivity index (χ3v) is 6.11. The second-order valence-corrected chi connectivity index (χ2v) is 8.14. The summed E-state index contributed by atoms with van der Waals surface area (Å²) in [7, 11) is 0. The van der Waals surface area contributed by atoms with Crippen molar-refractivity contribution in [2.45, 2.75) is 71.3 Å². The molecule has 1 aliphatic carbocycles. The largest absolute Gasteiger partial charge is 0.336 e. The lowest BCUT2D eigenvalue weighted by Crippen LogP contribution is -2.46. The summed E-state index contributed by atoms with van der Waals surface area (Å²) in [6, 6.07) is 8.37. The first-order chi connectivity index (χ1) is 13.2. The van der Waals surface area contributed by atoms with Crippen molar-refractivity contribution in [1.29, 1.82) is 0 Å². The van der Waals surface area contributed by atoms with E-state index in [0.29, 0.717) is 6.54 Å². The van der Waals surface area contributed by atoms with Gasteiger partial charge < -0.3 is 9.80 Å². The maximum Gasteiger partial charge on any atom is 0.242 e. The number of nitrogens with zero attached hydrogens (tertiary/aromatic N) is 2. The minimum atomic E-state index is 0.102. The van der Waals surface area contributed by atoms with Gasteiger partial charge in [-0.2, -0.15) is 0 Å². The summed E-state index contributed by atoms with van der Waals surface area (Å²) in [5.41, 5.74) is 2.59. The van der Waals surface area contributed by atoms with Crippen molar-refractivity contribution in [3.05, 3.63) is 35.4 Å². The van der Waals surface area contributed by atoms with Crippen LogP contribution in [0.15, 0.2) is 24.3 Å². The van der Waals surface area contributed by atoms with Crippen molar-refractivity contribution in [3.8, 4) is 0 Å². The van der Waals surface area contributed by atoms with Gasteiger partial charge in [-0.1, -0.05) is 63.3 Å². The standard InChI is InChI=1S/C23H34N2O2/c1-2-3-9-15-25(23(27)20-11-5-4-6-12-20)18-22(26)24-16-14-19-10-7-8-13-21(19)17-24/h7-8,10,13,20H,2-6,9,11-12,14-18H2,1H3. The summed E-state index contributed by atoms with van der Waals surface area (Å²) in [5, 5.41) is 0. The molecule has 0 N–H and O–H groups in total. The lowest BCUT2D eigenvalue weighted by molar-refractivity contribution is -0.144. The van der Waals surface area contributed by atoms with Crippen LogP contribution in [0.25, 0.3) is 0 Å². The predicted molar refractivity (Wildman–Crippen MR) is 108 cm³/mol. The Kier molecular flexibility index (Phi) is 7.31. The molecule has 0 unspecified atom stereocenters. The van der Waals surface area contributed by atoms with Gasteiger partial charge in [0.2, 0.25) is 11.8 Å². The van der Waals surface area contributed by atoms with E-state index < -0.39 is 0 Å². The van der Waals surface area contributed by atoms with Gasteiger partial charge >= 0.3 is 0 Å². The lowest BCUT2D eigenvalue weighted by Gasteiger charge is -2.33. The first-order valence-electron chi connectivity index (χ1n) is 10.8. The highest BCUT2D eigenvalue weighted by molar-refractivity contribution is 5.86. The minimum Gasteiger partial charge on any atom is -0.336 e. The fraction of sp³-hybridized carbons (Fsp3) is 0.652. The van der Waals surface area contributed by atoms with E-state index in [0.717, 1.165) is 64.5 Å². The Hall–Kier alpha value is -1.84. The zero-order valence-electron chi connectivity index (χ0n) is 16.8. The van der Waals surface area contributed by atoms with Gasteiger partial charge in [0, 0.05) is 25.6 Å². The summed E-state index contributed by atoms with van der Waals surface area (Å²) < 4.78 is 0. The van der Waals surface area contributed by atoms with Crippen LogP contribution in [0.1, 0.15) is 69.4 Å². The van der Waals surface area contributed by atoms with Crippen molar-refractivity contribution >= 4 is 11.8 Å². The van der Waals surface area contributed by atoms with Gasteiger partial charge in [0.25, 0.3) is 0 Å². The first-order valence-corrected chi connectivity index (χ1v) is 10.8. The molecule has 0 radical (unpaired) electrons. The van der Waals surface area contributed by atoms with Crippen LogP contribution in [0.2, 0.25) is 0 Å². The molecule has 0 bridgehead atoms. The van der Waals surface area contributed by atoms with Gasteiger partial charge in [-0.3, -0.25) is 9.59 Å². The highest BCUT2D eigenvalue weighted by Crippen LogP contribution is 2.26. The topological polar surface area (TPSA) is 40.6 Å². The zero-order valence-corrected chi connectivity index (χ0v) is 16.8.